The third-order valence-electron chi connectivity index (χ3n) is 6.00. The molecule has 4 rings (SSSR count). The summed E-state index contributed by atoms with van der Waals surface area (Å²) in [5, 5.41) is 6.52. The molecule has 1 aromatic rings. The first-order valence-electron chi connectivity index (χ1n) is 8.38. The Labute approximate surface area is 130 Å². The molecule has 118 valence electrons. The number of piperidine rings is 1. The summed E-state index contributed by atoms with van der Waals surface area (Å²) in [6, 6.07) is 6.83. The van der Waals surface area contributed by atoms with Crippen LogP contribution in [0.15, 0.2) is 24.3 Å². The highest BCUT2D eigenvalue weighted by atomic mass is 19.1. The van der Waals surface area contributed by atoms with Crippen LogP contribution in [-0.4, -0.2) is 25.5 Å². The molecule has 3 aliphatic rings. The van der Waals surface area contributed by atoms with E-state index in [1.54, 1.807) is 12.1 Å². The summed E-state index contributed by atoms with van der Waals surface area (Å²) in [6.07, 6.45) is 5.38. The van der Waals surface area contributed by atoms with E-state index in [-0.39, 0.29) is 28.5 Å². The van der Waals surface area contributed by atoms with E-state index in [1.165, 1.54) is 6.07 Å². The van der Waals surface area contributed by atoms with Crippen LogP contribution in [0.25, 0.3) is 0 Å². The summed E-state index contributed by atoms with van der Waals surface area (Å²) in [4.78, 5) is 12.4. The Morgan fingerprint density at radius 1 is 1.27 bits per heavy atom. The molecule has 1 atom stereocenters. The average Bonchev–Trinajstić information content (AvgIpc) is 3.43. The van der Waals surface area contributed by atoms with E-state index >= 15 is 0 Å². The Morgan fingerprint density at radius 3 is 2.73 bits per heavy atom. The van der Waals surface area contributed by atoms with E-state index in [4.69, 9.17) is 0 Å². The lowest BCUT2D eigenvalue weighted by Gasteiger charge is -2.23. The van der Waals surface area contributed by atoms with Gasteiger partial charge in [-0.3, -0.25) is 4.79 Å². The first-order valence-corrected chi connectivity index (χ1v) is 8.38. The lowest BCUT2D eigenvalue weighted by atomic mass is 9.91. The van der Waals surface area contributed by atoms with Crippen molar-refractivity contribution in [3.63, 3.8) is 0 Å². The van der Waals surface area contributed by atoms with Crippen LogP contribution in [0.3, 0.4) is 0 Å². The third-order valence-corrected chi connectivity index (χ3v) is 6.00. The van der Waals surface area contributed by atoms with Crippen molar-refractivity contribution in [1.82, 2.24) is 10.6 Å². The fraction of sp³-hybridized carbons (Fsp3) is 0.611. The monoisotopic (exact) mass is 302 g/mol. The third kappa shape index (κ3) is 2.43. The van der Waals surface area contributed by atoms with Crippen LogP contribution < -0.4 is 10.6 Å². The Bertz CT molecular complexity index is 591. The molecule has 3 nitrogen and oxygen atoms in total. The normalized spacial score (nSPS) is 27.4. The molecule has 1 aliphatic heterocycles. The number of nitrogens with one attached hydrogen (secondary N) is 2. The molecule has 4 heteroatoms. The first-order chi connectivity index (χ1) is 10.6. The second kappa shape index (κ2) is 5.05. The van der Waals surface area contributed by atoms with E-state index < -0.39 is 0 Å². The molecule has 1 heterocycles. The van der Waals surface area contributed by atoms with Gasteiger partial charge in [0.1, 0.15) is 5.82 Å². The van der Waals surface area contributed by atoms with Gasteiger partial charge < -0.3 is 10.6 Å². The van der Waals surface area contributed by atoms with Gasteiger partial charge in [-0.05, 0) is 68.3 Å². The second-order valence-corrected chi connectivity index (χ2v) is 7.38. The van der Waals surface area contributed by atoms with E-state index in [1.807, 2.05) is 6.07 Å². The van der Waals surface area contributed by atoms with E-state index in [0.717, 1.165) is 50.8 Å². The second-order valence-electron chi connectivity index (χ2n) is 7.38. The van der Waals surface area contributed by atoms with E-state index in [9.17, 15) is 9.18 Å². The summed E-state index contributed by atoms with van der Waals surface area (Å²) >= 11 is 0. The van der Waals surface area contributed by atoms with Gasteiger partial charge >= 0.3 is 0 Å². The largest absolute Gasteiger partial charge is 0.355 e. The fourth-order valence-electron chi connectivity index (χ4n) is 4.11. The highest BCUT2D eigenvalue weighted by molar-refractivity contribution is 5.82. The van der Waals surface area contributed by atoms with Crippen LogP contribution >= 0.6 is 0 Å². The zero-order chi connectivity index (χ0) is 15.2. The van der Waals surface area contributed by atoms with Gasteiger partial charge in [0.2, 0.25) is 5.91 Å². The molecule has 3 fully saturated rings. The lowest BCUT2D eigenvalue weighted by molar-refractivity contribution is -0.123. The minimum absolute atomic E-state index is 0.0199. The molecule has 0 radical (unpaired) electrons. The van der Waals surface area contributed by atoms with Crippen LogP contribution in [0, 0.1) is 17.2 Å². The minimum Gasteiger partial charge on any atom is -0.355 e. The molecule has 2 N–H and O–H groups in total. The number of carbonyl (C=O) groups excluding carboxylic acids is 1. The van der Waals surface area contributed by atoms with Gasteiger partial charge in [0.05, 0.1) is 0 Å². The SMILES string of the molecule is O=C(NCC1(c2cccc(F)c2)CC1)C1CC12CCNCC2. The van der Waals surface area contributed by atoms with Crippen molar-refractivity contribution in [1.29, 1.82) is 0 Å². The molecular weight excluding hydrogens is 279 g/mol. The number of benzene rings is 1. The maximum atomic E-state index is 13.4. The molecule has 22 heavy (non-hydrogen) atoms. The molecular formula is C18H23FN2O. The molecule has 1 aromatic carbocycles. The van der Waals surface area contributed by atoms with E-state index in [2.05, 4.69) is 10.6 Å². The summed E-state index contributed by atoms with van der Waals surface area (Å²) in [7, 11) is 0. The first kappa shape index (κ1) is 14.2. The van der Waals surface area contributed by atoms with Crippen molar-refractivity contribution < 1.29 is 9.18 Å². The van der Waals surface area contributed by atoms with Crippen LogP contribution in [0.1, 0.15) is 37.7 Å². The summed E-state index contributed by atoms with van der Waals surface area (Å²) in [6.45, 7) is 2.73. The smallest absolute Gasteiger partial charge is 0.223 e. The van der Waals surface area contributed by atoms with Crippen molar-refractivity contribution in [2.24, 2.45) is 11.3 Å². The quantitative estimate of drug-likeness (QED) is 0.896. The highest BCUT2D eigenvalue weighted by Crippen LogP contribution is 2.58. The van der Waals surface area contributed by atoms with Gasteiger partial charge in [0.15, 0.2) is 0 Å². The van der Waals surface area contributed by atoms with Gasteiger partial charge in [-0.25, -0.2) is 4.39 Å². The number of hydrogen-bond acceptors (Lipinski definition) is 2. The Hall–Kier alpha value is -1.42. The van der Waals surface area contributed by atoms with Crippen LogP contribution in [0.4, 0.5) is 4.39 Å². The molecule has 0 bridgehead atoms. The van der Waals surface area contributed by atoms with Gasteiger partial charge in [-0.2, -0.15) is 0 Å². The van der Waals surface area contributed by atoms with Crippen molar-refractivity contribution in [2.75, 3.05) is 19.6 Å². The fourth-order valence-corrected chi connectivity index (χ4v) is 4.11. The number of halogens is 1. The summed E-state index contributed by atoms with van der Waals surface area (Å²) < 4.78 is 13.4. The molecule has 1 saturated heterocycles. The molecule has 1 unspecified atom stereocenters. The Kier molecular flexibility index (Phi) is 3.26. The number of hydrogen-bond donors (Lipinski definition) is 2. The lowest BCUT2D eigenvalue weighted by Crippen LogP contribution is -2.36. The Balaban J connectivity index is 1.36. The molecule has 2 saturated carbocycles. The van der Waals surface area contributed by atoms with Gasteiger partial charge in [0, 0.05) is 17.9 Å². The molecule has 0 aromatic heterocycles. The number of rotatable bonds is 4. The summed E-state index contributed by atoms with van der Waals surface area (Å²) in [5.41, 5.74) is 1.29. The molecule has 1 spiro atoms. The zero-order valence-corrected chi connectivity index (χ0v) is 12.8. The van der Waals surface area contributed by atoms with Gasteiger partial charge in [-0.1, -0.05) is 12.1 Å². The van der Waals surface area contributed by atoms with Crippen molar-refractivity contribution in [2.45, 2.75) is 37.5 Å². The van der Waals surface area contributed by atoms with Crippen molar-refractivity contribution >= 4 is 5.91 Å². The summed E-state index contributed by atoms with van der Waals surface area (Å²) in [5.74, 6) is 0.230. The van der Waals surface area contributed by atoms with Crippen LogP contribution in [-0.2, 0) is 10.2 Å². The topological polar surface area (TPSA) is 41.1 Å². The maximum Gasteiger partial charge on any atom is 0.223 e. The van der Waals surface area contributed by atoms with Gasteiger partial charge in [-0.15, -0.1) is 0 Å². The highest BCUT2D eigenvalue weighted by Gasteiger charge is 2.58. The number of amides is 1. The van der Waals surface area contributed by atoms with Crippen molar-refractivity contribution in [3.8, 4) is 0 Å². The molecule has 1 amide bonds. The minimum atomic E-state index is -0.189. The standard InChI is InChI=1S/C18H23FN2O/c19-14-3-1-2-13(10-14)18(4-5-18)12-21-16(22)15-11-17(15)6-8-20-9-7-17/h1-3,10,15,20H,4-9,11-12H2,(H,21,22). The number of carbonyl (C=O) groups is 1. The predicted octanol–water partition coefficient (Wildman–Crippen LogP) is 2.36. The van der Waals surface area contributed by atoms with Gasteiger partial charge in [0.25, 0.3) is 0 Å². The zero-order valence-electron chi connectivity index (χ0n) is 12.8. The predicted molar refractivity (Wildman–Crippen MR) is 83.0 cm³/mol. The maximum absolute atomic E-state index is 13.4. The molecule has 2 aliphatic carbocycles. The van der Waals surface area contributed by atoms with Crippen LogP contribution in [0.2, 0.25) is 0 Å². The average molecular weight is 302 g/mol. The van der Waals surface area contributed by atoms with Crippen molar-refractivity contribution in [3.05, 3.63) is 35.6 Å². The Morgan fingerprint density at radius 2 is 2.05 bits per heavy atom. The van der Waals surface area contributed by atoms with E-state index in [0.29, 0.717) is 6.54 Å². The van der Waals surface area contributed by atoms with Crippen LogP contribution in [0.5, 0.6) is 0 Å².